The van der Waals surface area contributed by atoms with Crippen molar-refractivity contribution in [2.24, 2.45) is 0 Å². The number of unbranched alkanes of at least 4 members (excludes halogenated alkanes) is 37. The highest BCUT2D eigenvalue weighted by molar-refractivity contribution is 5.70. The van der Waals surface area contributed by atoms with Gasteiger partial charge < -0.3 is 14.2 Å². The Kier molecular flexibility index (Phi) is 57.3. The van der Waals surface area contributed by atoms with Crippen molar-refractivity contribution in [1.29, 1.82) is 0 Å². The second-order valence-corrected chi connectivity index (χ2v) is 20.2. The van der Waals surface area contributed by atoms with Crippen LogP contribution in [-0.4, -0.2) is 37.9 Å². The van der Waals surface area contributed by atoms with Gasteiger partial charge in [-0.05, 0) is 57.8 Å². The van der Waals surface area contributed by atoms with Gasteiger partial charge in [0.2, 0.25) is 0 Å². The molecule has 0 spiro atoms. The van der Waals surface area contributed by atoms with Crippen LogP contribution in [0.4, 0.5) is 0 Å². The van der Waals surface area contributed by atoms with E-state index < -0.39 is 6.10 Å². The van der Waals surface area contributed by atoms with Crippen molar-refractivity contribution < 1.29 is 23.8 Å². The summed E-state index contributed by atoms with van der Waals surface area (Å²) in [7, 11) is 0. The van der Waals surface area contributed by atoms with E-state index in [0.29, 0.717) is 19.4 Å². The molecule has 0 aliphatic heterocycles. The average molecular weight is 954 g/mol. The molecular weight excluding hydrogens is 837 g/mol. The fourth-order valence-electron chi connectivity index (χ4n) is 8.92. The molecule has 0 aromatic heterocycles. The van der Waals surface area contributed by atoms with Gasteiger partial charge in [0.1, 0.15) is 6.61 Å². The first-order valence-corrected chi connectivity index (χ1v) is 30.2. The van der Waals surface area contributed by atoms with Gasteiger partial charge >= 0.3 is 11.9 Å². The van der Waals surface area contributed by atoms with Crippen LogP contribution < -0.4 is 0 Å². The van der Waals surface area contributed by atoms with Crippen LogP contribution in [0.1, 0.15) is 316 Å². The highest BCUT2D eigenvalue weighted by atomic mass is 16.6. The third-order valence-corrected chi connectivity index (χ3v) is 13.4. The van der Waals surface area contributed by atoms with Crippen molar-refractivity contribution in [3.05, 3.63) is 48.6 Å². The number of carbonyl (C=O) groups excluding carboxylic acids is 2. The number of hydrogen-bond acceptors (Lipinski definition) is 5. The second kappa shape index (κ2) is 59.2. The lowest BCUT2D eigenvalue weighted by molar-refractivity contribution is -0.163. The number of hydrogen-bond donors (Lipinski definition) is 0. The minimum atomic E-state index is -0.543. The van der Waals surface area contributed by atoms with Gasteiger partial charge in [-0.3, -0.25) is 9.59 Å². The van der Waals surface area contributed by atoms with Crippen LogP contribution in [0.3, 0.4) is 0 Å². The lowest BCUT2D eigenvalue weighted by Gasteiger charge is -2.18. The van der Waals surface area contributed by atoms with Crippen molar-refractivity contribution in [3.8, 4) is 0 Å². The summed E-state index contributed by atoms with van der Waals surface area (Å²) < 4.78 is 17.5. The van der Waals surface area contributed by atoms with Crippen LogP contribution >= 0.6 is 0 Å². The molecule has 0 N–H and O–H groups in total. The highest BCUT2D eigenvalue weighted by Gasteiger charge is 2.17. The fourth-order valence-corrected chi connectivity index (χ4v) is 8.92. The maximum atomic E-state index is 12.9. The predicted octanol–water partition coefficient (Wildman–Crippen LogP) is 20.7. The Hall–Kier alpha value is -2.14. The van der Waals surface area contributed by atoms with Crippen molar-refractivity contribution >= 4 is 11.9 Å². The topological polar surface area (TPSA) is 61.8 Å². The quantitative estimate of drug-likeness (QED) is 0.0345. The number of carbonyl (C=O) groups is 2. The number of ether oxygens (including phenoxy) is 3. The molecule has 0 heterocycles. The molecule has 0 radical (unpaired) electrons. The molecule has 5 heteroatoms. The largest absolute Gasteiger partial charge is 0.462 e. The molecule has 0 saturated carbocycles. The summed E-state index contributed by atoms with van der Waals surface area (Å²) in [5, 5.41) is 0. The summed E-state index contributed by atoms with van der Waals surface area (Å²) in [4.78, 5) is 25.6. The van der Waals surface area contributed by atoms with Crippen LogP contribution in [0.25, 0.3) is 0 Å². The standard InChI is InChI=1S/C63H116O5/c1-4-7-10-13-16-19-22-25-28-31-34-37-40-43-46-49-52-55-58-66-59-61(68-63(65)57-54-51-48-45-42-39-36-33-30-27-24-21-18-15-12-9-6-3)60-67-62(64)56-53-50-47-44-41-38-35-32-29-26-23-20-17-14-11-8-5-2/h8,11,17,20,26,29,35,38,61H,4-7,9-10,12-16,18-19,21-25,27-28,30-34,36-37,39-60H2,1-3H3/b11-8-,20-17-,29-26-,38-35-. The minimum Gasteiger partial charge on any atom is -0.462 e. The number of allylic oxidation sites excluding steroid dienone is 8. The summed E-state index contributed by atoms with van der Waals surface area (Å²) >= 11 is 0. The molecule has 0 aliphatic rings. The summed E-state index contributed by atoms with van der Waals surface area (Å²) in [5.74, 6) is -0.404. The van der Waals surface area contributed by atoms with Gasteiger partial charge in [-0.2, -0.15) is 0 Å². The lowest BCUT2D eigenvalue weighted by atomic mass is 10.0. The third kappa shape index (κ3) is 56.4. The Balaban J connectivity index is 4.27. The summed E-state index contributed by atoms with van der Waals surface area (Å²) in [6, 6.07) is 0. The normalized spacial score (nSPS) is 12.5. The highest BCUT2D eigenvalue weighted by Crippen LogP contribution is 2.17. The van der Waals surface area contributed by atoms with E-state index in [2.05, 4.69) is 69.4 Å². The summed E-state index contributed by atoms with van der Waals surface area (Å²) in [5.41, 5.74) is 0. The molecular formula is C63H116O5. The Morgan fingerprint density at radius 3 is 1.06 bits per heavy atom. The summed E-state index contributed by atoms with van der Waals surface area (Å²) in [6.07, 6.45) is 74.2. The van der Waals surface area contributed by atoms with E-state index in [9.17, 15) is 9.59 Å². The first-order valence-electron chi connectivity index (χ1n) is 30.2. The molecule has 0 fully saturated rings. The Morgan fingerprint density at radius 1 is 0.338 bits per heavy atom. The molecule has 0 aromatic carbocycles. The number of rotatable bonds is 56. The smallest absolute Gasteiger partial charge is 0.306 e. The maximum absolute atomic E-state index is 12.9. The van der Waals surface area contributed by atoms with Gasteiger partial charge in [-0.1, -0.05) is 294 Å². The fraction of sp³-hybridized carbons (Fsp3) is 0.841. The lowest BCUT2D eigenvalue weighted by Crippen LogP contribution is -2.30. The SMILES string of the molecule is CC/C=C\C/C=C\C/C=C\C/C=C\CCCCCCC(=O)OCC(COCCCCCCCCCCCCCCCCCCCC)OC(=O)CCCCCCCCCCCCCCCCCCC. The molecule has 398 valence electrons. The van der Waals surface area contributed by atoms with Crippen LogP contribution in [0.5, 0.6) is 0 Å². The van der Waals surface area contributed by atoms with Gasteiger partial charge in [0.25, 0.3) is 0 Å². The predicted molar refractivity (Wildman–Crippen MR) is 298 cm³/mol. The van der Waals surface area contributed by atoms with E-state index >= 15 is 0 Å². The van der Waals surface area contributed by atoms with E-state index in [1.54, 1.807) is 0 Å². The van der Waals surface area contributed by atoms with E-state index in [1.165, 1.54) is 205 Å². The van der Waals surface area contributed by atoms with E-state index in [-0.39, 0.29) is 25.2 Å². The molecule has 0 rings (SSSR count). The molecule has 1 unspecified atom stereocenters. The summed E-state index contributed by atoms with van der Waals surface area (Å²) in [6.45, 7) is 7.76. The molecule has 0 aliphatic carbocycles. The van der Waals surface area contributed by atoms with Gasteiger partial charge in [0.05, 0.1) is 6.61 Å². The van der Waals surface area contributed by atoms with Crippen LogP contribution in [-0.2, 0) is 23.8 Å². The zero-order valence-corrected chi connectivity index (χ0v) is 45.9. The first kappa shape index (κ1) is 65.9. The third-order valence-electron chi connectivity index (χ3n) is 13.4. The van der Waals surface area contributed by atoms with Crippen molar-refractivity contribution in [2.45, 2.75) is 322 Å². The van der Waals surface area contributed by atoms with E-state index in [4.69, 9.17) is 14.2 Å². The zero-order chi connectivity index (χ0) is 49.2. The van der Waals surface area contributed by atoms with E-state index in [0.717, 1.165) is 77.0 Å². The number of esters is 2. The first-order chi connectivity index (χ1) is 33.6. The van der Waals surface area contributed by atoms with Gasteiger partial charge in [-0.25, -0.2) is 0 Å². The second-order valence-electron chi connectivity index (χ2n) is 20.2. The van der Waals surface area contributed by atoms with Gasteiger partial charge in [0.15, 0.2) is 6.10 Å². The van der Waals surface area contributed by atoms with Crippen molar-refractivity contribution in [2.75, 3.05) is 19.8 Å². The Morgan fingerprint density at radius 2 is 0.662 bits per heavy atom. The molecule has 0 aromatic rings. The minimum absolute atomic E-state index is 0.0780. The molecule has 5 nitrogen and oxygen atoms in total. The van der Waals surface area contributed by atoms with Gasteiger partial charge in [-0.15, -0.1) is 0 Å². The van der Waals surface area contributed by atoms with Crippen LogP contribution in [0.2, 0.25) is 0 Å². The maximum Gasteiger partial charge on any atom is 0.306 e. The Labute approximate surface area is 424 Å². The molecule has 68 heavy (non-hydrogen) atoms. The van der Waals surface area contributed by atoms with E-state index in [1.807, 2.05) is 0 Å². The van der Waals surface area contributed by atoms with Crippen LogP contribution in [0.15, 0.2) is 48.6 Å². The molecule has 1 atom stereocenters. The molecule has 0 bridgehead atoms. The monoisotopic (exact) mass is 953 g/mol. The molecule has 0 saturated heterocycles. The Bertz CT molecular complexity index is 1120. The van der Waals surface area contributed by atoms with Crippen LogP contribution in [0, 0.1) is 0 Å². The van der Waals surface area contributed by atoms with Crippen molar-refractivity contribution in [1.82, 2.24) is 0 Å². The van der Waals surface area contributed by atoms with Crippen molar-refractivity contribution in [3.63, 3.8) is 0 Å². The van der Waals surface area contributed by atoms with Gasteiger partial charge in [0, 0.05) is 19.4 Å². The molecule has 0 amide bonds. The zero-order valence-electron chi connectivity index (χ0n) is 45.9. The average Bonchev–Trinajstić information content (AvgIpc) is 3.34.